The summed E-state index contributed by atoms with van der Waals surface area (Å²) >= 11 is 0. The van der Waals surface area contributed by atoms with Gasteiger partial charge in [0, 0.05) is 38.4 Å². The number of benzene rings is 2. The maximum atomic E-state index is 5.97. The van der Waals surface area contributed by atoms with Crippen molar-refractivity contribution >= 4 is 23.7 Å². The number of nitrogens with one attached hydrogen (secondary N) is 1. The largest absolute Gasteiger partial charge is 0.368 e. The first kappa shape index (κ1) is 21.9. The molecule has 0 aliphatic carbocycles. The molecule has 0 atom stereocenters. The molecule has 1 aromatic heterocycles. The van der Waals surface area contributed by atoms with Crippen molar-refractivity contribution in [1.29, 1.82) is 0 Å². The molecule has 4 rings (SSSR count). The Bertz CT molecular complexity index is 1060. The fraction of sp³-hybridized carbons (Fsp3) is 0.320. The Balaban J connectivity index is 1.30. The molecule has 2 heterocycles. The van der Waals surface area contributed by atoms with E-state index in [1.165, 1.54) is 11.1 Å². The minimum atomic E-state index is 0.243. The van der Waals surface area contributed by atoms with Crippen molar-refractivity contribution in [2.24, 2.45) is 0 Å². The van der Waals surface area contributed by atoms with Crippen molar-refractivity contribution in [2.75, 3.05) is 43.8 Å². The van der Waals surface area contributed by atoms with Crippen LogP contribution in [0, 0.1) is 13.8 Å². The molecule has 0 saturated carbocycles. The van der Waals surface area contributed by atoms with Crippen LogP contribution in [-0.4, -0.2) is 57.5 Å². The molecule has 32 heavy (non-hydrogen) atoms. The van der Waals surface area contributed by atoms with Crippen molar-refractivity contribution in [3.05, 3.63) is 77.1 Å². The number of hydrogen-bond acceptors (Lipinski definition) is 7. The summed E-state index contributed by atoms with van der Waals surface area (Å²) in [6.07, 6.45) is 4.42. The van der Waals surface area contributed by atoms with E-state index in [9.17, 15) is 0 Å². The number of hydrogen-bond donors (Lipinski definition) is 2. The van der Waals surface area contributed by atoms with Gasteiger partial charge in [-0.2, -0.15) is 15.0 Å². The van der Waals surface area contributed by atoms with E-state index >= 15 is 0 Å². The van der Waals surface area contributed by atoms with Gasteiger partial charge in [-0.1, -0.05) is 60.2 Å². The zero-order valence-electron chi connectivity index (χ0n) is 18.8. The lowest BCUT2D eigenvalue weighted by Gasteiger charge is -2.33. The third-order valence-electron chi connectivity index (χ3n) is 5.63. The fourth-order valence-electron chi connectivity index (χ4n) is 3.87. The quantitative estimate of drug-likeness (QED) is 0.593. The second-order valence-electron chi connectivity index (χ2n) is 8.27. The summed E-state index contributed by atoms with van der Waals surface area (Å²) < 4.78 is 0. The summed E-state index contributed by atoms with van der Waals surface area (Å²) in [5.41, 5.74) is 10.5. The molecule has 166 valence electrons. The highest BCUT2D eigenvalue weighted by Gasteiger charge is 2.18. The van der Waals surface area contributed by atoms with Gasteiger partial charge in [0.25, 0.3) is 0 Å². The molecule has 0 unspecified atom stereocenters. The number of nitrogen functional groups attached to an aromatic ring is 1. The molecule has 0 radical (unpaired) electrons. The molecule has 0 spiro atoms. The molecule has 1 saturated heterocycles. The molecule has 1 aliphatic heterocycles. The lowest BCUT2D eigenvalue weighted by Crippen LogP contribution is -2.46. The number of piperazine rings is 1. The topological polar surface area (TPSA) is 83.2 Å². The average Bonchev–Trinajstić information content (AvgIpc) is 2.77. The second-order valence-corrected chi connectivity index (χ2v) is 8.27. The van der Waals surface area contributed by atoms with Crippen molar-refractivity contribution in [2.45, 2.75) is 20.4 Å². The Hall–Kier alpha value is -3.29. The lowest BCUT2D eigenvalue weighted by atomic mass is 10.1. The number of nitrogens with zero attached hydrogens (tertiary/aromatic N) is 5. The normalized spacial score (nSPS) is 15.3. The predicted octanol–water partition coefficient (Wildman–Crippen LogP) is 3.65. The molecule has 3 aromatic rings. The first-order valence-electron chi connectivity index (χ1n) is 11.1. The van der Waals surface area contributed by atoms with Gasteiger partial charge in [0.05, 0.1) is 6.54 Å². The van der Waals surface area contributed by atoms with Crippen molar-refractivity contribution in [3.63, 3.8) is 0 Å². The van der Waals surface area contributed by atoms with Crippen LogP contribution in [0.15, 0.2) is 54.6 Å². The van der Waals surface area contributed by atoms with Crippen LogP contribution in [0.2, 0.25) is 0 Å². The van der Waals surface area contributed by atoms with E-state index in [1.54, 1.807) is 0 Å². The van der Waals surface area contributed by atoms with Gasteiger partial charge in [-0.3, -0.25) is 9.80 Å². The highest BCUT2D eigenvalue weighted by Crippen LogP contribution is 2.20. The molecule has 1 aliphatic rings. The van der Waals surface area contributed by atoms with Crippen LogP contribution < -0.4 is 11.1 Å². The first-order valence-corrected chi connectivity index (χ1v) is 11.1. The van der Waals surface area contributed by atoms with Crippen LogP contribution in [0.1, 0.15) is 22.5 Å². The van der Waals surface area contributed by atoms with Gasteiger partial charge in [-0.05, 0) is 31.0 Å². The molecule has 0 bridgehead atoms. The number of aromatic nitrogens is 3. The van der Waals surface area contributed by atoms with Gasteiger partial charge in [0.2, 0.25) is 11.9 Å². The summed E-state index contributed by atoms with van der Waals surface area (Å²) in [5.74, 6) is 1.43. The summed E-state index contributed by atoms with van der Waals surface area (Å²) in [4.78, 5) is 18.1. The number of rotatable bonds is 7. The number of aryl methyl sites for hydroxylation is 2. The average molecular weight is 430 g/mol. The van der Waals surface area contributed by atoms with E-state index in [2.05, 4.69) is 92.5 Å². The van der Waals surface area contributed by atoms with Crippen LogP contribution in [0.3, 0.4) is 0 Å². The van der Waals surface area contributed by atoms with Gasteiger partial charge < -0.3 is 11.1 Å². The minimum Gasteiger partial charge on any atom is -0.368 e. The summed E-state index contributed by atoms with van der Waals surface area (Å²) in [6.45, 7) is 9.77. The molecule has 3 N–H and O–H groups in total. The second kappa shape index (κ2) is 10.3. The van der Waals surface area contributed by atoms with Gasteiger partial charge in [0.15, 0.2) is 0 Å². The van der Waals surface area contributed by atoms with E-state index in [4.69, 9.17) is 5.73 Å². The SMILES string of the molecule is Cc1ccc(Nc2nc(N)nc(CN3CCN(C/C=C/c4ccccc4)CC3)n2)c(C)c1. The van der Waals surface area contributed by atoms with Crippen molar-refractivity contribution in [3.8, 4) is 0 Å². The molecule has 7 heteroatoms. The lowest BCUT2D eigenvalue weighted by molar-refractivity contribution is 0.134. The standard InChI is InChI=1S/C25H31N7/c1-19-10-11-22(20(2)17-19)27-25-29-23(28-24(26)30-25)18-32-15-13-31(14-16-32)12-6-9-21-7-4-3-5-8-21/h3-11,17H,12-16,18H2,1-2H3,(H3,26,27,28,29,30)/b9-6+. The fourth-order valence-corrected chi connectivity index (χ4v) is 3.87. The van der Waals surface area contributed by atoms with E-state index in [0.29, 0.717) is 18.3 Å². The van der Waals surface area contributed by atoms with Crippen LogP contribution in [-0.2, 0) is 6.54 Å². The molecular weight excluding hydrogens is 398 g/mol. The zero-order valence-corrected chi connectivity index (χ0v) is 18.8. The van der Waals surface area contributed by atoms with Crippen LogP contribution >= 0.6 is 0 Å². The van der Waals surface area contributed by atoms with Crippen molar-refractivity contribution < 1.29 is 0 Å². The molecule has 2 aromatic carbocycles. The Kier molecular flexibility index (Phi) is 7.09. The van der Waals surface area contributed by atoms with Gasteiger partial charge in [-0.15, -0.1) is 0 Å². The van der Waals surface area contributed by atoms with E-state index in [-0.39, 0.29) is 5.95 Å². The van der Waals surface area contributed by atoms with Crippen LogP contribution in [0.5, 0.6) is 0 Å². The van der Waals surface area contributed by atoms with E-state index in [1.807, 2.05) is 12.1 Å². The maximum absolute atomic E-state index is 5.97. The summed E-state index contributed by atoms with van der Waals surface area (Å²) in [5, 5.41) is 3.29. The maximum Gasteiger partial charge on any atom is 0.232 e. The van der Waals surface area contributed by atoms with Gasteiger partial charge in [0.1, 0.15) is 5.82 Å². The van der Waals surface area contributed by atoms with E-state index < -0.39 is 0 Å². The molecule has 0 amide bonds. The Morgan fingerprint density at radius 2 is 1.69 bits per heavy atom. The minimum absolute atomic E-state index is 0.243. The Morgan fingerprint density at radius 1 is 0.938 bits per heavy atom. The molecular formula is C25H31N7. The van der Waals surface area contributed by atoms with E-state index in [0.717, 1.165) is 44.0 Å². The van der Waals surface area contributed by atoms with Crippen LogP contribution in [0.25, 0.3) is 6.08 Å². The molecule has 7 nitrogen and oxygen atoms in total. The highest BCUT2D eigenvalue weighted by molar-refractivity contribution is 5.59. The van der Waals surface area contributed by atoms with Gasteiger partial charge in [-0.25, -0.2) is 0 Å². The zero-order chi connectivity index (χ0) is 22.3. The summed E-state index contributed by atoms with van der Waals surface area (Å²) in [6, 6.07) is 16.6. The highest BCUT2D eigenvalue weighted by atomic mass is 15.3. The number of anilines is 3. The predicted molar refractivity (Wildman–Crippen MR) is 131 cm³/mol. The summed E-state index contributed by atoms with van der Waals surface area (Å²) in [7, 11) is 0. The van der Waals surface area contributed by atoms with Gasteiger partial charge >= 0.3 is 0 Å². The van der Waals surface area contributed by atoms with Crippen LogP contribution in [0.4, 0.5) is 17.6 Å². The Labute approximate surface area is 190 Å². The monoisotopic (exact) mass is 429 g/mol. The van der Waals surface area contributed by atoms with Crippen molar-refractivity contribution in [1.82, 2.24) is 24.8 Å². The molecule has 1 fully saturated rings. The smallest absolute Gasteiger partial charge is 0.232 e. The third kappa shape index (κ3) is 6.12. The Morgan fingerprint density at radius 3 is 2.44 bits per heavy atom. The first-order chi connectivity index (χ1) is 15.5. The third-order valence-corrected chi connectivity index (χ3v) is 5.63. The number of nitrogens with two attached hydrogens (primary N) is 1.